The molecule has 0 unspecified atom stereocenters. The minimum atomic E-state index is -0.971. The van der Waals surface area contributed by atoms with Gasteiger partial charge in [0, 0.05) is 61.4 Å². The van der Waals surface area contributed by atoms with Gasteiger partial charge in [-0.15, -0.1) is 11.8 Å². The number of hydrogen-bond acceptors (Lipinski definition) is 4. The van der Waals surface area contributed by atoms with Gasteiger partial charge in [0.2, 0.25) is 0 Å². The summed E-state index contributed by atoms with van der Waals surface area (Å²) in [5.74, 6) is -0.130. The van der Waals surface area contributed by atoms with Crippen LogP contribution in [0.15, 0.2) is 71.6 Å². The van der Waals surface area contributed by atoms with E-state index in [0.29, 0.717) is 41.7 Å². The highest BCUT2D eigenvalue weighted by atomic mass is 35.5. The molecule has 1 aliphatic rings. The van der Waals surface area contributed by atoms with Crippen LogP contribution >= 0.6 is 35.0 Å². The molecular formula is C36H40Cl2N2O4S. The maximum Gasteiger partial charge on any atom is 0.309 e. The topological polar surface area (TPSA) is 71.8 Å². The maximum absolute atomic E-state index is 13.3. The Morgan fingerprint density at radius 2 is 1.60 bits per heavy atom. The van der Waals surface area contributed by atoms with Crippen LogP contribution in [-0.4, -0.2) is 50.4 Å². The van der Waals surface area contributed by atoms with Crippen molar-refractivity contribution in [3.05, 3.63) is 93.6 Å². The number of carboxylic acid groups (broad SMARTS) is 1. The van der Waals surface area contributed by atoms with Gasteiger partial charge in [0.05, 0.1) is 11.5 Å². The molecule has 1 atom stereocenters. The number of carbonyl (C=O) groups excluding carboxylic acids is 1. The number of thioether (sulfide) groups is 1. The summed E-state index contributed by atoms with van der Waals surface area (Å²) in [6, 6.07) is 20.9. The Labute approximate surface area is 279 Å². The highest BCUT2D eigenvalue weighted by Crippen LogP contribution is 2.44. The van der Waals surface area contributed by atoms with Gasteiger partial charge >= 0.3 is 5.97 Å². The van der Waals surface area contributed by atoms with E-state index in [1.165, 1.54) is 0 Å². The van der Waals surface area contributed by atoms with Gasteiger partial charge in [0.25, 0.3) is 5.91 Å². The molecular weight excluding hydrogens is 627 g/mol. The van der Waals surface area contributed by atoms with Crippen LogP contribution in [0.1, 0.15) is 69.1 Å². The first-order valence-electron chi connectivity index (χ1n) is 15.2. The van der Waals surface area contributed by atoms with E-state index in [1.807, 2.05) is 35.2 Å². The van der Waals surface area contributed by atoms with Crippen LogP contribution in [0.2, 0.25) is 10.0 Å². The number of aliphatic carboxylic acids is 1. The Morgan fingerprint density at radius 3 is 2.22 bits per heavy atom. The van der Waals surface area contributed by atoms with Crippen molar-refractivity contribution in [1.82, 2.24) is 9.47 Å². The number of halogens is 2. The zero-order valence-electron chi connectivity index (χ0n) is 26.4. The van der Waals surface area contributed by atoms with Crippen molar-refractivity contribution in [3.8, 4) is 5.75 Å². The summed E-state index contributed by atoms with van der Waals surface area (Å²) >= 11 is 14.0. The fraction of sp³-hybridized carbons (Fsp3) is 0.389. The molecule has 0 aliphatic carbocycles. The van der Waals surface area contributed by atoms with Gasteiger partial charge in [0.15, 0.2) is 0 Å². The van der Waals surface area contributed by atoms with E-state index in [-0.39, 0.29) is 16.7 Å². The lowest BCUT2D eigenvalue weighted by Gasteiger charge is -2.25. The van der Waals surface area contributed by atoms with E-state index in [0.717, 1.165) is 45.6 Å². The molecule has 0 spiro atoms. The predicted molar refractivity (Wildman–Crippen MR) is 184 cm³/mol. The van der Waals surface area contributed by atoms with Crippen molar-refractivity contribution in [2.45, 2.75) is 76.1 Å². The largest absolute Gasteiger partial charge is 0.491 e. The van der Waals surface area contributed by atoms with Crippen molar-refractivity contribution in [2.75, 3.05) is 13.2 Å². The van der Waals surface area contributed by atoms with Crippen LogP contribution in [0.3, 0.4) is 0 Å². The van der Waals surface area contributed by atoms with E-state index in [4.69, 9.17) is 27.9 Å². The van der Waals surface area contributed by atoms with E-state index in [9.17, 15) is 14.7 Å². The number of likely N-dealkylation sites (tertiary alicyclic amines) is 1. The van der Waals surface area contributed by atoms with Gasteiger partial charge in [-0.2, -0.15) is 0 Å². The number of rotatable bonds is 10. The smallest absolute Gasteiger partial charge is 0.309 e. The third kappa shape index (κ3) is 7.82. The second-order valence-corrected chi connectivity index (χ2v) is 16.1. The zero-order chi connectivity index (χ0) is 32.5. The van der Waals surface area contributed by atoms with Gasteiger partial charge in [-0.05, 0) is 86.8 Å². The molecule has 1 saturated heterocycles. The molecule has 238 valence electrons. The summed E-state index contributed by atoms with van der Waals surface area (Å²) in [6.45, 7) is 11.7. The van der Waals surface area contributed by atoms with Crippen molar-refractivity contribution in [1.29, 1.82) is 0 Å². The second kappa shape index (κ2) is 13.3. The van der Waals surface area contributed by atoms with Crippen molar-refractivity contribution in [2.24, 2.45) is 5.41 Å². The van der Waals surface area contributed by atoms with Gasteiger partial charge in [-0.1, -0.05) is 56.1 Å². The molecule has 1 aromatic heterocycles. The van der Waals surface area contributed by atoms with Crippen LogP contribution in [0.4, 0.5) is 0 Å². The third-order valence-electron chi connectivity index (χ3n) is 8.11. The van der Waals surface area contributed by atoms with E-state index in [2.05, 4.69) is 37.5 Å². The standard InChI is InChI=1S/C36H40Cl2N2O4S/c1-35(2,3)45-32-29-19-28(44-22-27-7-6-18-39(27)33(41)24-10-14-26(38)15-11-24)16-17-30(29)40(21-23-8-12-25(37)13-9-23)31(32)20-36(4,5)34(42)43/h8-17,19,27H,6-7,18,20-22H2,1-5H3,(H,42,43)/t27-/m0/s1. The fourth-order valence-corrected chi connectivity index (χ4v) is 7.15. The molecule has 0 bridgehead atoms. The molecule has 4 aromatic rings. The molecule has 0 radical (unpaired) electrons. The van der Waals surface area contributed by atoms with Gasteiger partial charge in [-0.3, -0.25) is 9.59 Å². The molecule has 3 aromatic carbocycles. The molecule has 1 N–H and O–H groups in total. The number of amides is 1. The Kier molecular flexibility index (Phi) is 9.83. The Bertz CT molecular complexity index is 1690. The number of aromatic nitrogens is 1. The first-order chi connectivity index (χ1) is 21.2. The van der Waals surface area contributed by atoms with Gasteiger partial charge < -0.3 is 19.3 Å². The highest BCUT2D eigenvalue weighted by molar-refractivity contribution is 8.00. The lowest BCUT2D eigenvalue weighted by Crippen LogP contribution is -2.39. The number of hydrogen-bond donors (Lipinski definition) is 1. The minimum absolute atomic E-state index is 0.0120. The van der Waals surface area contributed by atoms with E-state index in [1.54, 1.807) is 49.9 Å². The van der Waals surface area contributed by atoms with Crippen LogP contribution < -0.4 is 4.74 Å². The summed E-state index contributed by atoms with van der Waals surface area (Å²) in [5.41, 5.74) is 2.72. The molecule has 6 nitrogen and oxygen atoms in total. The van der Waals surface area contributed by atoms with E-state index < -0.39 is 11.4 Å². The monoisotopic (exact) mass is 666 g/mol. The van der Waals surface area contributed by atoms with Crippen molar-refractivity contribution < 1.29 is 19.4 Å². The number of ether oxygens (including phenoxy) is 1. The second-order valence-electron chi connectivity index (χ2n) is 13.4. The number of carbonyl (C=O) groups is 2. The zero-order valence-corrected chi connectivity index (χ0v) is 28.7. The van der Waals surface area contributed by atoms with Crippen LogP contribution in [0.25, 0.3) is 10.9 Å². The highest BCUT2D eigenvalue weighted by Gasteiger charge is 2.33. The SMILES string of the molecule is CC(C)(C)Sc1c(CC(C)(C)C(=O)O)n(Cc2ccc(Cl)cc2)c2ccc(OC[C@@H]3CCCN3C(=O)c3ccc(Cl)cc3)cc12. The molecule has 9 heteroatoms. The Hall–Kier alpha value is -3.13. The van der Waals surface area contributed by atoms with Gasteiger partial charge in [-0.25, -0.2) is 0 Å². The average Bonchev–Trinajstić information content (AvgIpc) is 3.55. The summed E-state index contributed by atoms with van der Waals surface area (Å²) in [4.78, 5) is 28.5. The first-order valence-corrected chi connectivity index (χ1v) is 16.8. The van der Waals surface area contributed by atoms with E-state index >= 15 is 0 Å². The van der Waals surface area contributed by atoms with Gasteiger partial charge in [0.1, 0.15) is 12.4 Å². The quantitative estimate of drug-likeness (QED) is 0.171. The molecule has 1 amide bonds. The summed E-state index contributed by atoms with van der Waals surface area (Å²) in [6.07, 6.45) is 2.16. The molecule has 1 aliphatic heterocycles. The molecule has 5 rings (SSSR count). The van der Waals surface area contributed by atoms with Crippen molar-refractivity contribution in [3.63, 3.8) is 0 Å². The Morgan fingerprint density at radius 1 is 0.956 bits per heavy atom. The van der Waals surface area contributed by atoms with Crippen LogP contribution in [0, 0.1) is 5.41 Å². The third-order valence-corrected chi connectivity index (χ3v) is 9.89. The molecule has 1 fully saturated rings. The minimum Gasteiger partial charge on any atom is -0.491 e. The summed E-state index contributed by atoms with van der Waals surface area (Å²) in [7, 11) is 0. The molecule has 0 saturated carbocycles. The number of carboxylic acids is 1. The van der Waals surface area contributed by atoms with Crippen LogP contribution in [0.5, 0.6) is 5.75 Å². The summed E-state index contributed by atoms with van der Waals surface area (Å²) < 4.78 is 8.52. The lowest BCUT2D eigenvalue weighted by atomic mass is 9.88. The lowest BCUT2D eigenvalue weighted by molar-refractivity contribution is -0.146. The normalized spacial score (nSPS) is 15.5. The predicted octanol–water partition coefficient (Wildman–Crippen LogP) is 9.22. The maximum atomic E-state index is 13.3. The number of benzene rings is 3. The van der Waals surface area contributed by atoms with Crippen LogP contribution in [-0.2, 0) is 17.8 Å². The molecule has 2 heterocycles. The fourth-order valence-electron chi connectivity index (χ4n) is 5.72. The Balaban J connectivity index is 1.50. The first kappa shape index (κ1) is 33.2. The average molecular weight is 668 g/mol. The van der Waals surface area contributed by atoms with Crippen molar-refractivity contribution >= 4 is 57.7 Å². The number of nitrogens with zero attached hydrogens (tertiary/aromatic N) is 2. The molecule has 45 heavy (non-hydrogen) atoms. The number of fused-ring (bicyclic) bond motifs is 1. The summed E-state index contributed by atoms with van der Waals surface area (Å²) in [5, 5.41) is 12.4.